The third kappa shape index (κ3) is 2.72. The fourth-order valence-electron chi connectivity index (χ4n) is 1.78. The maximum atomic E-state index is 5.76. The van der Waals surface area contributed by atoms with Gasteiger partial charge in [-0.05, 0) is 30.3 Å². The highest BCUT2D eigenvalue weighted by atomic mass is 14.6. The number of hydrogen-bond acceptors (Lipinski definition) is 1. The van der Waals surface area contributed by atoms with Crippen molar-refractivity contribution in [3.05, 3.63) is 23.9 Å². The monoisotopic (exact) mass is 165 g/mol. The summed E-state index contributed by atoms with van der Waals surface area (Å²) in [7, 11) is 0. The van der Waals surface area contributed by atoms with E-state index >= 15 is 0 Å². The molecule has 12 heavy (non-hydrogen) atoms. The van der Waals surface area contributed by atoms with Crippen molar-refractivity contribution in [1.82, 2.24) is 0 Å². The minimum absolute atomic E-state index is 0.304. The van der Waals surface area contributed by atoms with Crippen LogP contribution in [0.5, 0.6) is 0 Å². The first-order chi connectivity index (χ1) is 5.49. The van der Waals surface area contributed by atoms with Gasteiger partial charge in [0, 0.05) is 5.70 Å². The lowest BCUT2D eigenvalue weighted by molar-refractivity contribution is 0.348. The van der Waals surface area contributed by atoms with Gasteiger partial charge >= 0.3 is 0 Å². The second kappa shape index (κ2) is 3.34. The van der Waals surface area contributed by atoms with Gasteiger partial charge in [0.15, 0.2) is 0 Å². The Kier molecular flexibility index (Phi) is 2.61. The minimum Gasteiger partial charge on any atom is -0.399 e. The molecule has 0 bridgehead atoms. The van der Waals surface area contributed by atoms with Crippen LogP contribution in [0.25, 0.3) is 0 Å². The Labute approximate surface area is 75.3 Å². The van der Waals surface area contributed by atoms with Gasteiger partial charge in [-0.2, -0.15) is 0 Å². The summed E-state index contributed by atoms with van der Waals surface area (Å²) in [4.78, 5) is 0. The molecule has 0 saturated carbocycles. The van der Waals surface area contributed by atoms with Crippen LogP contribution >= 0.6 is 0 Å². The summed E-state index contributed by atoms with van der Waals surface area (Å²) in [5.41, 5.74) is 6.98. The molecule has 2 N–H and O–H groups in total. The van der Waals surface area contributed by atoms with Crippen molar-refractivity contribution in [2.45, 2.75) is 33.6 Å². The van der Waals surface area contributed by atoms with Crippen LogP contribution < -0.4 is 5.73 Å². The quantitative estimate of drug-likeness (QED) is 0.587. The van der Waals surface area contributed by atoms with Crippen LogP contribution in [0, 0.1) is 11.3 Å². The molecule has 1 unspecified atom stereocenters. The van der Waals surface area contributed by atoms with E-state index in [9.17, 15) is 0 Å². The largest absolute Gasteiger partial charge is 0.399 e. The number of rotatable bonds is 0. The van der Waals surface area contributed by atoms with Gasteiger partial charge in [-0.15, -0.1) is 0 Å². The fourth-order valence-corrected chi connectivity index (χ4v) is 1.78. The second-order valence-electron chi connectivity index (χ2n) is 4.57. The summed E-state index contributed by atoms with van der Waals surface area (Å²) in [6, 6.07) is 0. The molecule has 1 rings (SSSR count). The van der Waals surface area contributed by atoms with Crippen molar-refractivity contribution in [2.24, 2.45) is 17.1 Å². The molecule has 0 amide bonds. The van der Waals surface area contributed by atoms with Crippen LogP contribution in [0.2, 0.25) is 0 Å². The highest BCUT2D eigenvalue weighted by Crippen LogP contribution is 2.30. The van der Waals surface area contributed by atoms with Crippen molar-refractivity contribution in [3.8, 4) is 0 Å². The highest BCUT2D eigenvalue weighted by molar-refractivity contribution is 5.18. The highest BCUT2D eigenvalue weighted by Gasteiger charge is 2.18. The second-order valence-corrected chi connectivity index (χ2v) is 4.57. The Morgan fingerprint density at radius 2 is 2.17 bits per heavy atom. The molecule has 0 aromatic heterocycles. The van der Waals surface area contributed by atoms with Crippen LogP contribution in [0.1, 0.15) is 33.6 Å². The zero-order valence-electron chi connectivity index (χ0n) is 8.30. The molecule has 0 fully saturated rings. The summed E-state index contributed by atoms with van der Waals surface area (Å²) < 4.78 is 0. The molecule has 0 aromatic rings. The fraction of sp³-hybridized carbons (Fsp3) is 0.636. The van der Waals surface area contributed by atoms with E-state index in [2.05, 4.69) is 32.9 Å². The topological polar surface area (TPSA) is 26.0 Å². The Bertz CT molecular complexity index is 211. The maximum Gasteiger partial charge on any atom is 0.0270 e. The molecule has 0 aliphatic heterocycles. The summed E-state index contributed by atoms with van der Waals surface area (Å²) in [6.07, 6.45) is 8.73. The molecule has 1 nitrogen and oxygen atoms in total. The van der Waals surface area contributed by atoms with E-state index in [4.69, 9.17) is 5.73 Å². The number of allylic oxidation sites excluding steroid dienone is 3. The molecule has 0 aromatic carbocycles. The van der Waals surface area contributed by atoms with Crippen molar-refractivity contribution < 1.29 is 0 Å². The van der Waals surface area contributed by atoms with Crippen molar-refractivity contribution in [1.29, 1.82) is 0 Å². The van der Waals surface area contributed by atoms with E-state index in [0.29, 0.717) is 5.41 Å². The average Bonchev–Trinajstić information content (AvgIpc) is 1.95. The Morgan fingerprint density at radius 3 is 2.83 bits per heavy atom. The predicted octanol–water partition coefficient (Wildman–Crippen LogP) is 2.84. The van der Waals surface area contributed by atoms with Gasteiger partial charge in [-0.25, -0.2) is 0 Å². The van der Waals surface area contributed by atoms with Gasteiger partial charge in [0.05, 0.1) is 0 Å². The first kappa shape index (κ1) is 9.37. The average molecular weight is 165 g/mol. The van der Waals surface area contributed by atoms with Crippen LogP contribution in [-0.4, -0.2) is 0 Å². The summed E-state index contributed by atoms with van der Waals surface area (Å²) in [5, 5.41) is 0. The summed E-state index contributed by atoms with van der Waals surface area (Å²) in [6.45, 7) is 6.81. The third-order valence-electron chi connectivity index (χ3n) is 2.36. The SMILES string of the molecule is CC1C/C=C(N)\C=C/C(C)(C)C1. The van der Waals surface area contributed by atoms with Gasteiger partial charge in [0.2, 0.25) is 0 Å². The molecule has 1 aliphatic rings. The standard InChI is InChI=1S/C11H19N/c1-9-4-5-10(12)6-7-11(2,3)8-9/h5-7,9H,4,8,12H2,1-3H3/b7-6-,10-5+. The van der Waals surface area contributed by atoms with Gasteiger partial charge < -0.3 is 5.73 Å². The summed E-state index contributed by atoms with van der Waals surface area (Å²) >= 11 is 0. The van der Waals surface area contributed by atoms with Crippen molar-refractivity contribution in [3.63, 3.8) is 0 Å². The maximum absolute atomic E-state index is 5.76. The van der Waals surface area contributed by atoms with Gasteiger partial charge in [-0.1, -0.05) is 32.9 Å². The molecule has 0 saturated heterocycles. The first-order valence-electron chi connectivity index (χ1n) is 4.64. The van der Waals surface area contributed by atoms with Crippen LogP contribution in [0.4, 0.5) is 0 Å². The minimum atomic E-state index is 0.304. The molecular weight excluding hydrogens is 146 g/mol. The van der Waals surface area contributed by atoms with Crippen molar-refractivity contribution >= 4 is 0 Å². The lowest BCUT2D eigenvalue weighted by Gasteiger charge is -2.25. The summed E-state index contributed by atoms with van der Waals surface area (Å²) in [5.74, 6) is 0.739. The Morgan fingerprint density at radius 1 is 1.50 bits per heavy atom. The van der Waals surface area contributed by atoms with E-state index in [1.165, 1.54) is 6.42 Å². The smallest absolute Gasteiger partial charge is 0.0270 e. The van der Waals surface area contributed by atoms with Crippen LogP contribution in [-0.2, 0) is 0 Å². The van der Waals surface area contributed by atoms with Gasteiger partial charge in [0.1, 0.15) is 0 Å². The molecule has 1 heteroatoms. The number of hydrogen-bond donors (Lipinski definition) is 1. The predicted molar refractivity (Wildman–Crippen MR) is 53.6 cm³/mol. The van der Waals surface area contributed by atoms with Crippen LogP contribution in [0.3, 0.4) is 0 Å². The third-order valence-corrected chi connectivity index (χ3v) is 2.36. The number of nitrogens with two attached hydrogens (primary N) is 1. The molecule has 1 atom stereocenters. The van der Waals surface area contributed by atoms with Gasteiger partial charge in [0.25, 0.3) is 0 Å². The lowest BCUT2D eigenvalue weighted by Crippen LogP contribution is -2.14. The van der Waals surface area contributed by atoms with Crippen molar-refractivity contribution in [2.75, 3.05) is 0 Å². The van der Waals surface area contributed by atoms with E-state index < -0.39 is 0 Å². The van der Waals surface area contributed by atoms with E-state index in [1.807, 2.05) is 6.08 Å². The lowest BCUT2D eigenvalue weighted by atomic mass is 9.80. The zero-order valence-corrected chi connectivity index (χ0v) is 8.30. The zero-order chi connectivity index (χ0) is 9.19. The first-order valence-corrected chi connectivity index (χ1v) is 4.64. The molecule has 0 radical (unpaired) electrons. The van der Waals surface area contributed by atoms with E-state index in [0.717, 1.165) is 18.0 Å². The Hall–Kier alpha value is -0.720. The molecule has 0 spiro atoms. The van der Waals surface area contributed by atoms with Gasteiger partial charge in [-0.3, -0.25) is 0 Å². The normalized spacial score (nSPS) is 35.9. The van der Waals surface area contributed by atoms with Crippen LogP contribution in [0.15, 0.2) is 23.9 Å². The molecule has 1 aliphatic carbocycles. The van der Waals surface area contributed by atoms with E-state index in [1.54, 1.807) is 0 Å². The molecular formula is C11H19N. The van der Waals surface area contributed by atoms with E-state index in [-0.39, 0.29) is 0 Å². The molecule has 68 valence electrons. The Balaban J connectivity index is 2.79. The molecule has 0 heterocycles.